The first-order valence-electron chi connectivity index (χ1n) is 11.0. The number of nitrogens with two attached hydrogens (primary N) is 2. The number of hydrogen-bond acceptors (Lipinski definition) is 7. The molecule has 33 heavy (non-hydrogen) atoms. The molecule has 0 saturated carbocycles. The maximum atomic E-state index is 12.0. The Kier molecular flexibility index (Phi) is 5.82. The molecule has 4 heterocycles. The van der Waals surface area contributed by atoms with Gasteiger partial charge in [0.2, 0.25) is 0 Å². The number of aromatic nitrogens is 4. The van der Waals surface area contributed by atoms with Gasteiger partial charge >= 0.3 is 0 Å². The number of anilines is 2. The average molecular weight is 462 g/mol. The summed E-state index contributed by atoms with van der Waals surface area (Å²) in [6, 6.07) is 10.0. The van der Waals surface area contributed by atoms with Crippen LogP contribution >= 0.6 is 0 Å². The van der Waals surface area contributed by atoms with Crippen LogP contribution in [0.3, 0.4) is 0 Å². The third kappa shape index (κ3) is 4.34. The molecule has 1 aliphatic rings. The van der Waals surface area contributed by atoms with E-state index in [2.05, 4.69) is 20.9 Å². The molecule has 170 valence electrons. The van der Waals surface area contributed by atoms with Gasteiger partial charge in [0.25, 0.3) is 0 Å². The van der Waals surface area contributed by atoms with Crippen molar-refractivity contribution in [3.8, 4) is 11.3 Å². The second kappa shape index (κ2) is 8.92. The lowest BCUT2D eigenvalue weighted by molar-refractivity contribution is 0.505. The molecule has 4 N–H and O–H groups in total. The number of imidazole rings is 1. The number of nitrogens with zero attached hydrogens (tertiary/aromatic N) is 5. The van der Waals surface area contributed by atoms with Gasteiger partial charge in [0, 0.05) is 77.4 Å². The molecular formula is C24H27N7OS. The second-order valence-electron chi connectivity index (χ2n) is 8.46. The lowest BCUT2D eigenvalue weighted by Gasteiger charge is -2.34. The Bertz CT molecular complexity index is 1340. The molecule has 0 bridgehead atoms. The van der Waals surface area contributed by atoms with Crippen LogP contribution in [0.25, 0.3) is 16.9 Å². The van der Waals surface area contributed by atoms with E-state index in [4.69, 9.17) is 16.5 Å². The van der Waals surface area contributed by atoms with Gasteiger partial charge < -0.3 is 16.4 Å². The first-order chi connectivity index (χ1) is 16.0. The summed E-state index contributed by atoms with van der Waals surface area (Å²) in [6.45, 7) is 1.76. The van der Waals surface area contributed by atoms with Crippen LogP contribution in [0.2, 0.25) is 0 Å². The van der Waals surface area contributed by atoms with Crippen molar-refractivity contribution in [1.82, 2.24) is 19.4 Å². The molecule has 9 heteroatoms. The summed E-state index contributed by atoms with van der Waals surface area (Å²) in [5, 5.41) is 0. The maximum Gasteiger partial charge on any atom is 0.180 e. The molecule has 8 nitrogen and oxygen atoms in total. The molecule has 0 radical (unpaired) electrons. The van der Waals surface area contributed by atoms with Crippen molar-refractivity contribution in [3.05, 3.63) is 66.4 Å². The van der Waals surface area contributed by atoms with E-state index < -0.39 is 10.8 Å². The van der Waals surface area contributed by atoms with Crippen LogP contribution in [0.1, 0.15) is 24.1 Å². The number of pyridine rings is 1. The Hall–Kier alpha value is -3.30. The van der Waals surface area contributed by atoms with Gasteiger partial charge in [0.05, 0.1) is 17.6 Å². The molecule has 1 fully saturated rings. The number of fused-ring (bicyclic) bond motifs is 1. The summed E-state index contributed by atoms with van der Waals surface area (Å²) in [6.07, 6.45) is 11.8. The number of piperidine rings is 1. The van der Waals surface area contributed by atoms with E-state index in [1.54, 1.807) is 12.5 Å². The fourth-order valence-corrected chi connectivity index (χ4v) is 5.02. The quantitative estimate of drug-likeness (QED) is 0.469. The van der Waals surface area contributed by atoms with Gasteiger partial charge in [-0.05, 0) is 36.6 Å². The average Bonchev–Trinajstić information content (AvgIpc) is 3.23. The highest BCUT2D eigenvalue weighted by atomic mass is 32.2. The Morgan fingerprint density at radius 3 is 2.88 bits per heavy atom. The number of benzene rings is 1. The molecule has 1 aliphatic heterocycles. The standard InChI is InChI=1S/C24H27N7OS/c1-33(32)20-6-2-4-16(11-20)21-12-17(22(14-28-21)30-8-3-5-18(25)15-30)10-19-13-29-24-23(26)27-7-9-31(19)24/h2,4,6-7,9,11-14,18H,3,5,8,10,15,25H2,1H3,(H2,26,27). The summed E-state index contributed by atoms with van der Waals surface area (Å²) in [4.78, 5) is 16.5. The van der Waals surface area contributed by atoms with E-state index in [1.807, 2.05) is 47.3 Å². The van der Waals surface area contributed by atoms with Gasteiger partial charge in [0.1, 0.15) is 0 Å². The van der Waals surface area contributed by atoms with Crippen molar-refractivity contribution in [3.63, 3.8) is 0 Å². The zero-order chi connectivity index (χ0) is 22.9. The molecule has 0 aliphatic carbocycles. The third-order valence-electron chi connectivity index (χ3n) is 6.13. The molecule has 0 spiro atoms. The Balaban J connectivity index is 1.59. The van der Waals surface area contributed by atoms with E-state index in [1.165, 1.54) is 0 Å². The van der Waals surface area contributed by atoms with Crippen molar-refractivity contribution in [2.75, 3.05) is 30.0 Å². The van der Waals surface area contributed by atoms with Crippen molar-refractivity contribution < 1.29 is 4.21 Å². The van der Waals surface area contributed by atoms with Crippen LogP contribution in [0, 0.1) is 0 Å². The highest BCUT2D eigenvalue weighted by molar-refractivity contribution is 7.84. The van der Waals surface area contributed by atoms with Crippen LogP contribution in [0.5, 0.6) is 0 Å². The highest BCUT2D eigenvalue weighted by Crippen LogP contribution is 2.30. The normalized spacial score (nSPS) is 17.4. The van der Waals surface area contributed by atoms with Crippen LogP contribution in [0.15, 0.2) is 60.0 Å². The first kappa shape index (κ1) is 21.5. The van der Waals surface area contributed by atoms with Crippen LogP contribution in [-0.4, -0.2) is 48.9 Å². The lowest BCUT2D eigenvalue weighted by Crippen LogP contribution is -2.43. The number of rotatable bonds is 5. The minimum absolute atomic E-state index is 0.157. The summed E-state index contributed by atoms with van der Waals surface area (Å²) < 4.78 is 14.0. The highest BCUT2D eigenvalue weighted by Gasteiger charge is 2.21. The summed E-state index contributed by atoms with van der Waals surface area (Å²) in [5.41, 5.74) is 18.0. The van der Waals surface area contributed by atoms with Crippen molar-refractivity contribution in [2.45, 2.75) is 30.2 Å². The molecular weight excluding hydrogens is 434 g/mol. The van der Waals surface area contributed by atoms with Gasteiger partial charge in [-0.3, -0.25) is 13.6 Å². The SMILES string of the molecule is CS(=O)c1cccc(-c2cc(Cc3cnc4c(N)nccn34)c(N3CCCC(N)C3)cn2)c1. The van der Waals surface area contributed by atoms with E-state index in [-0.39, 0.29) is 6.04 Å². The zero-order valence-corrected chi connectivity index (χ0v) is 19.3. The van der Waals surface area contributed by atoms with Crippen molar-refractivity contribution in [1.29, 1.82) is 0 Å². The van der Waals surface area contributed by atoms with Gasteiger partial charge in [-0.1, -0.05) is 12.1 Å². The minimum Gasteiger partial charge on any atom is -0.381 e. The van der Waals surface area contributed by atoms with Crippen molar-refractivity contribution >= 4 is 28.0 Å². The second-order valence-corrected chi connectivity index (χ2v) is 9.84. The fourth-order valence-electron chi connectivity index (χ4n) is 4.45. The summed E-state index contributed by atoms with van der Waals surface area (Å²) in [7, 11) is -1.05. The Labute approximate surface area is 195 Å². The number of nitrogen functional groups attached to an aromatic ring is 1. The molecule has 1 saturated heterocycles. The van der Waals surface area contributed by atoms with E-state index >= 15 is 0 Å². The van der Waals surface area contributed by atoms with E-state index in [0.717, 1.165) is 59.0 Å². The van der Waals surface area contributed by atoms with Gasteiger partial charge in [-0.15, -0.1) is 0 Å². The van der Waals surface area contributed by atoms with Crippen molar-refractivity contribution in [2.24, 2.45) is 5.73 Å². The fraction of sp³-hybridized carbons (Fsp3) is 0.292. The molecule has 3 aromatic heterocycles. The smallest absolute Gasteiger partial charge is 0.180 e. The molecule has 5 rings (SSSR count). The maximum absolute atomic E-state index is 12.0. The first-order valence-corrected chi connectivity index (χ1v) is 12.5. The predicted octanol–water partition coefficient (Wildman–Crippen LogP) is 2.63. The zero-order valence-electron chi connectivity index (χ0n) is 18.5. The largest absolute Gasteiger partial charge is 0.381 e. The molecule has 1 aromatic carbocycles. The molecule has 4 aromatic rings. The molecule has 2 unspecified atom stereocenters. The topological polar surface area (TPSA) is 115 Å². The van der Waals surface area contributed by atoms with E-state index in [0.29, 0.717) is 17.9 Å². The summed E-state index contributed by atoms with van der Waals surface area (Å²) >= 11 is 0. The van der Waals surface area contributed by atoms with Crippen LogP contribution < -0.4 is 16.4 Å². The Morgan fingerprint density at radius 1 is 1.18 bits per heavy atom. The molecule has 0 amide bonds. The summed E-state index contributed by atoms with van der Waals surface area (Å²) in [5.74, 6) is 0.408. The minimum atomic E-state index is -1.05. The third-order valence-corrected chi connectivity index (χ3v) is 7.05. The monoisotopic (exact) mass is 461 g/mol. The van der Waals surface area contributed by atoms with Crippen LogP contribution in [-0.2, 0) is 17.2 Å². The lowest BCUT2D eigenvalue weighted by atomic mass is 10.0. The van der Waals surface area contributed by atoms with Gasteiger partial charge in [-0.2, -0.15) is 0 Å². The Morgan fingerprint density at radius 2 is 2.06 bits per heavy atom. The van der Waals surface area contributed by atoms with Crippen LogP contribution in [0.4, 0.5) is 11.5 Å². The van der Waals surface area contributed by atoms with Gasteiger partial charge in [0.15, 0.2) is 11.5 Å². The molecule has 2 atom stereocenters. The number of hydrogen-bond donors (Lipinski definition) is 2. The predicted molar refractivity (Wildman–Crippen MR) is 132 cm³/mol. The van der Waals surface area contributed by atoms with Gasteiger partial charge in [-0.25, -0.2) is 9.97 Å². The van der Waals surface area contributed by atoms with E-state index in [9.17, 15) is 4.21 Å².